The first kappa shape index (κ1) is 17.0. The van der Waals surface area contributed by atoms with E-state index >= 15 is 0 Å². The molecule has 5 heteroatoms. The van der Waals surface area contributed by atoms with Crippen molar-refractivity contribution in [3.8, 4) is 11.3 Å². The predicted octanol–water partition coefficient (Wildman–Crippen LogP) is 1.05. The molecule has 2 aromatic heterocycles. The van der Waals surface area contributed by atoms with E-state index in [1.165, 1.54) is 0 Å². The number of halogens is 2. The van der Waals surface area contributed by atoms with Gasteiger partial charge in [-0.2, -0.15) is 0 Å². The van der Waals surface area contributed by atoms with E-state index in [1.807, 2.05) is 75.0 Å². The molecule has 3 aromatic rings. The van der Waals surface area contributed by atoms with Gasteiger partial charge in [0.25, 0.3) is 5.82 Å². The van der Waals surface area contributed by atoms with E-state index in [0.29, 0.717) is 0 Å². The van der Waals surface area contributed by atoms with Gasteiger partial charge in [0.15, 0.2) is 0 Å². The van der Waals surface area contributed by atoms with Crippen molar-refractivity contribution in [1.29, 1.82) is 0 Å². The fourth-order valence-electron chi connectivity index (χ4n) is 2.21. The minimum atomic E-state index is 0. The molecule has 0 atom stereocenters. The Balaban J connectivity index is 0.00000176. The highest BCUT2D eigenvalue weighted by atomic mass is 127. The first-order valence-electron chi connectivity index (χ1n) is 6.68. The van der Waals surface area contributed by atoms with E-state index in [0.717, 1.165) is 27.4 Å². The number of nitrogens with zero attached hydrogens (tertiary/aromatic N) is 2. The Morgan fingerprint density at radius 2 is 1.82 bits per heavy atom. The second-order valence-corrected chi connectivity index (χ2v) is 5.84. The largest absolute Gasteiger partial charge is 1.00 e. The third-order valence-electron chi connectivity index (χ3n) is 3.39. The molecular formula is C17H16BrIN2O. The van der Waals surface area contributed by atoms with Crippen molar-refractivity contribution in [3.63, 3.8) is 0 Å². The number of imidazole rings is 1. The van der Waals surface area contributed by atoms with Gasteiger partial charge in [-0.05, 0) is 30.3 Å². The van der Waals surface area contributed by atoms with Gasteiger partial charge in [0.2, 0.25) is 0 Å². The molecule has 0 spiro atoms. The summed E-state index contributed by atoms with van der Waals surface area (Å²) in [5, 5.41) is 0. The maximum Gasteiger partial charge on any atom is 0.281 e. The van der Waals surface area contributed by atoms with Crippen molar-refractivity contribution in [1.82, 2.24) is 4.57 Å². The van der Waals surface area contributed by atoms with Crippen molar-refractivity contribution in [2.45, 2.75) is 0 Å². The SMILES string of the molecule is Cn1cc[n+](C)c1/C=C/c1ccc(-c2ccc(Br)cc2)o1.[I-]. The topological polar surface area (TPSA) is 21.9 Å². The summed E-state index contributed by atoms with van der Waals surface area (Å²) in [5.74, 6) is 2.82. The van der Waals surface area contributed by atoms with Crippen molar-refractivity contribution in [2.24, 2.45) is 14.1 Å². The van der Waals surface area contributed by atoms with Crippen LogP contribution in [0.2, 0.25) is 0 Å². The normalized spacial score (nSPS) is 10.9. The number of benzene rings is 1. The van der Waals surface area contributed by atoms with Crippen LogP contribution in [0.25, 0.3) is 23.5 Å². The van der Waals surface area contributed by atoms with Gasteiger partial charge in [0, 0.05) is 16.1 Å². The zero-order chi connectivity index (χ0) is 14.8. The molecule has 0 fully saturated rings. The molecule has 0 bridgehead atoms. The number of aromatic nitrogens is 2. The fraction of sp³-hybridized carbons (Fsp3) is 0.118. The average Bonchev–Trinajstić information content (AvgIpc) is 3.06. The smallest absolute Gasteiger partial charge is 0.281 e. The summed E-state index contributed by atoms with van der Waals surface area (Å²) in [7, 11) is 4.05. The van der Waals surface area contributed by atoms with E-state index in [1.54, 1.807) is 0 Å². The average molecular weight is 471 g/mol. The highest BCUT2D eigenvalue weighted by molar-refractivity contribution is 9.10. The van der Waals surface area contributed by atoms with Gasteiger partial charge in [0.1, 0.15) is 23.9 Å². The van der Waals surface area contributed by atoms with Gasteiger partial charge < -0.3 is 28.4 Å². The lowest BCUT2D eigenvalue weighted by atomic mass is 10.2. The standard InChI is InChI=1S/C17H16BrN2O.HI/c1-19-11-12-20(2)17(19)10-8-15-7-9-16(21-15)13-3-5-14(18)6-4-13;/h3-12H,1-2H3;1H/q+1;/p-1/b10-8+;. The summed E-state index contributed by atoms with van der Waals surface area (Å²) in [6, 6.07) is 12.1. The van der Waals surface area contributed by atoms with Crippen LogP contribution in [0.5, 0.6) is 0 Å². The van der Waals surface area contributed by atoms with Crippen LogP contribution in [0.3, 0.4) is 0 Å². The van der Waals surface area contributed by atoms with Crippen LogP contribution in [-0.4, -0.2) is 4.57 Å². The summed E-state index contributed by atoms with van der Waals surface area (Å²) in [4.78, 5) is 0. The van der Waals surface area contributed by atoms with Crippen molar-refractivity contribution >= 4 is 28.1 Å². The van der Waals surface area contributed by atoms with Crippen LogP contribution < -0.4 is 28.5 Å². The Kier molecular flexibility index (Phi) is 5.63. The van der Waals surface area contributed by atoms with Gasteiger partial charge >= 0.3 is 0 Å². The lowest BCUT2D eigenvalue weighted by molar-refractivity contribution is -0.672. The minimum absolute atomic E-state index is 0. The summed E-state index contributed by atoms with van der Waals surface area (Å²) in [6.45, 7) is 0. The van der Waals surface area contributed by atoms with Crippen molar-refractivity contribution in [2.75, 3.05) is 0 Å². The van der Waals surface area contributed by atoms with Crippen molar-refractivity contribution in [3.05, 3.63) is 64.8 Å². The van der Waals surface area contributed by atoms with Gasteiger partial charge in [-0.15, -0.1) is 0 Å². The maximum atomic E-state index is 5.87. The number of furan rings is 1. The first-order valence-corrected chi connectivity index (χ1v) is 7.47. The van der Waals surface area contributed by atoms with Crippen LogP contribution in [-0.2, 0) is 14.1 Å². The molecule has 0 N–H and O–H groups in total. The highest BCUT2D eigenvalue weighted by Gasteiger charge is 2.07. The lowest BCUT2D eigenvalue weighted by Crippen LogP contribution is -3.00. The Morgan fingerprint density at radius 3 is 2.45 bits per heavy atom. The minimum Gasteiger partial charge on any atom is -1.00 e. The zero-order valence-electron chi connectivity index (χ0n) is 12.3. The molecule has 0 unspecified atom stereocenters. The lowest BCUT2D eigenvalue weighted by Gasteiger charge is -1.96. The molecule has 2 heterocycles. The van der Waals surface area contributed by atoms with Gasteiger partial charge in [0.05, 0.1) is 14.1 Å². The summed E-state index contributed by atoms with van der Waals surface area (Å²) in [5.41, 5.74) is 1.07. The van der Waals surface area contributed by atoms with E-state index in [2.05, 4.69) is 25.1 Å². The monoisotopic (exact) mass is 470 g/mol. The summed E-state index contributed by atoms with van der Waals surface area (Å²) < 4.78 is 11.1. The number of aryl methyl sites for hydroxylation is 2. The molecule has 1 aromatic carbocycles. The Hall–Kier alpha value is -1.34. The molecule has 22 heavy (non-hydrogen) atoms. The number of hydrogen-bond donors (Lipinski definition) is 0. The third kappa shape index (κ3) is 3.70. The van der Waals surface area contributed by atoms with Crippen LogP contribution in [0.15, 0.2) is 57.7 Å². The maximum absolute atomic E-state index is 5.87. The molecule has 0 radical (unpaired) electrons. The van der Waals surface area contributed by atoms with Gasteiger partial charge in [-0.3, -0.25) is 0 Å². The van der Waals surface area contributed by atoms with Crippen LogP contribution in [0.4, 0.5) is 0 Å². The molecule has 0 saturated carbocycles. The predicted molar refractivity (Wildman–Crippen MR) is 87.4 cm³/mol. The first-order chi connectivity index (χ1) is 10.1. The van der Waals surface area contributed by atoms with E-state index in [9.17, 15) is 0 Å². The number of rotatable bonds is 3. The van der Waals surface area contributed by atoms with Crippen LogP contribution in [0, 0.1) is 0 Å². The molecule has 114 valence electrons. The van der Waals surface area contributed by atoms with Crippen molar-refractivity contribution < 1.29 is 33.0 Å². The molecule has 0 aliphatic carbocycles. The van der Waals surface area contributed by atoms with E-state index < -0.39 is 0 Å². The summed E-state index contributed by atoms with van der Waals surface area (Å²) >= 11 is 3.44. The van der Waals surface area contributed by atoms with Crippen LogP contribution >= 0.6 is 15.9 Å². The Morgan fingerprint density at radius 1 is 1.09 bits per heavy atom. The Labute approximate surface area is 155 Å². The van der Waals surface area contributed by atoms with Crippen LogP contribution in [0.1, 0.15) is 11.6 Å². The van der Waals surface area contributed by atoms with Gasteiger partial charge in [-0.1, -0.05) is 28.1 Å². The molecule has 3 rings (SSSR count). The van der Waals surface area contributed by atoms with Gasteiger partial charge in [-0.25, -0.2) is 9.13 Å². The molecule has 0 aliphatic rings. The molecule has 0 amide bonds. The highest BCUT2D eigenvalue weighted by Crippen LogP contribution is 2.24. The van der Waals surface area contributed by atoms with E-state index in [4.69, 9.17) is 4.42 Å². The fourth-order valence-corrected chi connectivity index (χ4v) is 2.47. The quantitative estimate of drug-likeness (QED) is 0.414. The molecule has 0 aliphatic heterocycles. The third-order valence-corrected chi connectivity index (χ3v) is 3.92. The molecule has 3 nitrogen and oxygen atoms in total. The zero-order valence-corrected chi connectivity index (χ0v) is 16.1. The molecule has 0 saturated heterocycles. The number of hydrogen-bond acceptors (Lipinski definition) is 1. The second-order valence-electron chi connectivity index (χ2n) is 4.92. The molecular weight excluding hydrogens is 455 g/mol. The van der Waals surface area contributed by atoms with E-state index in [-0.39, 0.29) is 24.0 Å². The second kappa shape index (κ2) is 7.28. The Bertz CT molecular complexity index is 768. The summed E-state index contributed by atoms with van der Waals surface area (Å²) in [6.07, 6.45) is 8.08.